The summed E-state index contributed by atoms with van der Waals surface area (Å²) in [6.07, 6.45) is 0.618. The second kappa shape index (κ2) is 4.02. The smallest absolute Gasteiger partial charge is 0.107 e. The van der Waals surface area contributed by atoms with Crippen molar-refractivity contribution in [3.05, 3.63) is 22.1 Å². The molecule has 14 heavy (non-hydrogen) atoms. The number of hydrogen-bond acceptors (Lipinski definition) is 2. The monoisotopic (exact) mass is 383 g/mol. The summed E-state index contributed by atoms with van der Waals surface area (Å²) in [6.45, 7) is 4.04. The number of fused-ring (bicyclic) bond motifs is 1. The topological polar surface area (TPSA) is 30.7 Å². The fourth-order valence-corrected chi connectivity index (χ4v) is 3.58. The fraction of sp³-hybridized carbons (Fsp3) is 0.250. The highest BCUT2D eigenvalue weighted by Crippen LogP contribution is 2.32. The quantitative estimate of drug-likeness (QED) is 0.428. The lowest BCUT2D eigenvalue weighted by Crippen LogP contribution is -1.89. The lowest BCUT2D eigenvalue weighted by Gasteiger charge is -2.00. The molecule has 0 aliphatic heterocycles. The maximum Gasteiger partial charge on any atom is 0.107 e. The van der Waals surface area contributed by atoms with Crippen molar-refractivity contribution < 1.29 is 0 Å². The molecule has 0 radical (unpaired) electrons. The third kappa shape index (κ3) is 1.70. The van der Waals surface area contributed by atoms with Crippen LogP contribution in [0, 0.1) is 13.8 Å². The first-order chi connectivity index (χ1) is 6.63. The van der Waals surface area contributed by atoms with Crippen LogP contribution < -0.4 is 0 Å². The summed E-state index contributed by atoms with van der Waals surface area (Å²) in [7, 11) is 0. The van der Waals surface area contributed by atoms with Gasteiger partial charge in [-0.25, -0.2) is 9.44 Å². The molecule has 0 aliphatic rings. The number of rotatable bonds is 1. The largest absolute Gasteiger partial charge is 0.244 e. The predicted molar refractivity (Wildman–Crippen MR) is 72.4 cm³/mol. The minimum absolute atomic E-state index is 0.618. The zero-order chi connectivity index (χ0) is 10.3. The molecule has 2 aromatic rings. The Morgan fingerprint density at radius 2 is 2.14 bits per heavy atom. The Bertz CT molecular complexity index is 497. The Morgan fingerprint density at radius 1 is 1.43 bits per heavy atom. The second-order valence-corrected chi connectivity index (χ2v) is 5.86. The van der Waals surface area contributed by atoms with Gasteiger partial charge in [0, 0.05) is 5.39 Å². The van der Waals surface area contributed by atoms with Crippen LogP contribution in [-0.2, 0) is 0 Å². The summed E-state index contributed by atoms with van der Waals surface area (Å²) in [5.41, 5.74) is 3.24. The van der Waals surface area contributed by atoms with Gasteiger partial charge in [0.1, 0.15) is 4.60 Å². The molecule has 0 spiro atoms. The first-order valence-electron chi connectivity index (χ1n) is 4.02. The van der Waals surface area contributed by atoms with E-state index in [1.807, 2.05) is 24.4 Å². The Labute approximate surface area is 105 Å². The van der Waals surface area contributed by atoms with Gasteiger partial charge in [0.2, 0.25) is 0 Å². The van der Waals surface area contributed by atoms with E-state index in [1.165, 1.54) is 5.39 Å². The number of halogens is 2. The van der Waals surface area contributed by atoms with Crippen molar-refractivity contribution in [1.82, 2.24) is 14.5 Å². The first kappa shape index (κ1) is 10.8. The molecule has 1 atom stereocenters. The van der Waals surface area contributed by atoms with Gasteiger partial charge in [0.05, 0.1) is 23.3 Å². The Kier molecular flexibility index (Phi) is 3.09. The van der Waals surface area contributed by atoms with E-state index in [1.54, 1.807) is 0 Å². The van der Waals surface area contributed by atoms with Gasteiger partial charge in [-0.2, -0.15) is 5.10 Å². The number of pyridine rings is 1. The lowest BCUT2D eigenvalue weighted by atomic mass is 10.2. The minimum Gasteiger partial charge on any atom is -0.244 e. The molecule has 3 nitrogen and oxygen atoms in total. The normalized spacial score (nSPS) is 12.0. The maximum absolute atomic E-state index is 4.47. The fourth-order valence-electron chi connectivity index (χ4n) is 1.49. The van der Waals surface area contributed by atoms with Crippen LogP contribution in [-0.4, -0.2) is 14.5 Å². The van der Waals surface area contributed by atoms with Crippen LogP contribution in [0.1, 0.15) is 11.4 Å². The highest BCUT2D eigenvalue weighted by Gasteiger charge is 2.10. The predicted octanol–water partition coefficient (Wildman–Crippen LogP) is 3.60. The van der Waals surface area contributed by atoms with Crippen molar-refractivity contribution in [1.29, 1.82) is 0 Å². The number of nitrogens with zero attached hydrogens (tertiary/aromatic N) is 3. The Balaban J connectivity index is 2.89. The van der Waals surface area contributed by atoms with Gasteiger partial charge in [-0.1, -0.05) is 0 Å². The lowest BCUT2D eigenvalue weighted by molar-refractivity contribution is 0.994. The van der Waals surface area contributed by atoms with E-state index in [4.69, 9.17) is 0 Å². The van der Waals surface area contributed by atoms with E-state index in [0.717, 1.165) is 21.5 Å². The molecule has 0 amide bonds. The summed E-state index contributed by atoms with van der Waals surface area (Å²) >= 11 is 5.73. The summed E-state index contributed by atoms with van der Waals surface area (Å²) in [6, 6.07) is 2.03. The van der Waals surface area contributed by atoms with Crippen LogP contribution in [0.3, 0.4) is 0 Å². The molecule has 0 fully saturated rings. The SMILES string of the molecule is Cc1nn(PI)c2c(C)nc(Br)cc12. The Morgan fingerprint density at radius 3 is 2.79 bits per heavy atom. The van der Waals surface area contributed by atoms with Crippen molar-refractivity contribution in [2.75, 3.05) is 0 Å². The van der Waals surface area contributed by atoms with Crippen molar-refractivity contribution in [2.45, 2.75) is 13.8 Å². The van der Waals surface area contributed by atoms with Gasteiger partial charge in [-0.15, -0.1) is 0 Å². The van der Waals surface area contributed by atoms with Gasteiger partial charge in [0.15, 0.2) is 0 Å². The number of aryl methyl sites for hydroxylation is 2. The van der Waals surface area contributed by atoms with Crippen LogP contribution in [0.15, 0.2) is 10.7 Å². The zero-order valence-electron chi connectivity index (χ0n) is 7.67. The molecule has 0 N–H and O–H groups in total. The van der Waals surface area contributed by atoms with Crippen molar-refractivity contribution in [3.63, 3.8) is 0 Å². The van der Waals surface area contributed by atoms with Crippen LogP contribution in [0.2, 0.25) is 0 Å². The molecule has 0 saturated heterocycles. The minimum atomic E-state index is 0.618. The van der Waals surface area contributed by atoms with Gasteiger partial charge >= 0.3 is 0 Å². The van der Waals surface area contributed by atoms with Crippen LogP contribution >= 0.6 is 44.3 Å². The molecule has 2 rings (SSSR count). The van der Waals surface area contributed by atoms with E-state index in [9.17, 15) is 0 Å². The average Bonchev–Trinajstić information content (AvgIpc) is 2.43. The molecule has 0 aromatic carbocycles. The van der Waals surface area contributed by atoms with Gasteiger partial charge in [-0.05, 0) is 57.9 Å². The molecule has 1 unspecified atom stereocenters. The average molecular weight is 384 g/mol. The summed E-state index contributed by atoms with van der Waals surface area (Å²) < 4.78 is 2.89. The molecule has 2 aromatic heterocycles. The van der Waals surface area contributed by atoms with Crippen LogP contribution in [0.5, 0.6) is 0 Å². The van der Waals surface area contributed by atoms with Gasteiger partial charge < -0.3 is 0 Å². The van der Waals surface area contributed by atoms with E-state index in [-0.39, 0.29) is 0 Å². The maximum atomic E-state index is 4.47. The van der Waals surface area contributed by atoms with E-state index < -0.39 is 0 Å². The highest BCUT2D eigenvalue weighted by molar-refractivity contribution is 14.2. The molecule has 0 bridgehead atoms. The standard InChI is InChI=1S/C8H8BrIN3P/c1-4-6-3-7(9)11-5(2)8(6)13(12-4)14-10/h3,14H,1-2H3. The molecular weight excluding hydrogens is 376 g/mol. The second-order valence-electron chi connectivity index (χ2n) is 3.01. The van der Waals surface area contributed by atoms with Crippen LogP contribution in [0.4, 0.5) is 0 Å². The Hall–Kier alpha value is 0.260. The highest BCUT2D eigenvalue weighted by atomic mass is 127. The summed E-state index contributed by atoms with van der Waals surface area (Å²) in [5, 5.41) is 5.66. The van der Waals surface area contributed by atoms with Crippen molar-refractivity contribution >= 4 is 55.2 Å². The third-order valence-electron chi connectivity index (χ3n) is 2.07. The van der Waals surface area contributed by atoms with Crippen LogP contribution in [0.25, 0.3) is 10.9 Å². The van der Waals surface area contributed by atoms with E-state index >= 15 is 0 Å². The van der Waals surface area contributed by atoms with Gasteiger partial charge in [-0.3, -0.25) is 0 Å². The van der Waals surface area contributed by atoms with E-state index in [2.05, 4.69) is 48.1 Å². The van der Waals surface area contributed by atoms with Crippen molar-refractivity contribution in [3.8, 4) is 0 Å². The molecule has 0 saturated carbocycles. The molecule has 6 heteroatoms. The zero-order valence-corrected chi connectivity index (χ0v) is 12.4. The van der Waals surface area contributed by atoms with Gasteiger partial charge in [0.25, 0.3) is 0 Å². The number of hydrogen-bond donors (Lipinski definition) is 0. The number of aromatic nitrogens is 3. The molecule has 0 aliphatic carbocycles. The van der Waals surface area contributed by atoms with Crippen molar-refractivity contribution in [2.24, 2.45) is 0 Å². The third-order valence-corrected chi connectivity index (χ3v) is 4.33. The molecule has 2 heterocycles. The van der Waals surface area contributed by atoms with E-state index in [0.29, 0.717) is 6.37 Å². The summed E-state index contributed by atoms with van der Waals surface area (Å²) in [4.78, 5) is 4.38. The molecule has 74 valence electrons. The molecular formula is C8H8BrIN3P. The summed E-state index contributed by atoms with van der Waals surface area (Å²) in [5.74, 6) is 0. The first-order valence-corrected chi connectivity index (χ1v) is 8.88.